The smallest absolute Gasteiger partial charge is 0.242 e. The summed E-state index contributed by atoms with van der Waals surface area (Å²) >= 11 is 0. The molecule has 3 N–H and O–H groups in total. The Morgan fingerprint density at radius 2 is 2.06 bits per heavy atom. The summed E-state index contributed by atoms with van der Waals surface area (Å²) in [5.74, 6) is 0. The largest absolute Gasteiger partial charge is 0.398 e. The van der Waals surface area contributed by atoms with E-state index in [9.17, 15) is 8.42 Å². The molecule has 1 aromatic rings. The molecule has 0 saturated carbocycles. The standard InChI is InChI=1S/C11H18N2O3S/c1-2-16-9-5-8-13-17(14,15)11-7-4-3-6-10(11)12/h3-4,6-7,13H,2,5,8-9,12H2,1H3. The fourth-order valence-electron chi connectivity index (χ4n) is 1.33. The molecule has 0 heterocycles. The minimum atomic E-state index is -3.51. The van der Waals surface area contributed by atoms with Gasteiger partial charge in [-0.05, 0) is 25.5 Å². The Bertz CT molecular complexity index is 446. The van der Waals surface area contributed by atoms with Gasteiger partial charge in [0.15, 0.2) is 0 Å². The number of para-hydroxylation sites is 1. The van der Waals surface area contributed by atoms with Gasteiger partial charge >= 0.3 is 0 Å². The van der Waals surface area contributed by atoms with Crippen LogP contribution >= 0.6 is 0 Å². The Balaban J connectivity index is 2.55. The third kappa shape index (κ3) is 4.33. The van der Waals surface area contributed by atoms with Crippen molar-refractivity contribution >= 4 is 15.7 Å². The summed E-state index contributed by atoms with van der Waals surface area (Å²) in [6.45, 7) is 3.42. The zero-order chi connectivity index (χ0) is 12.7. The van der Waals surface area contributed by atoms with Crippen LogP contribution in [0, 0.1) is 0 Å². The van der Waals surface area contributed by atoms with Crippen molar-refractivity contribution in [3.63, 3.8) is 0 Å². The summed E-state index contributed by atoms with van der Waals surface area (Å²) in [7, 11) is -3.51. The molecular weight excluding hydrogens is 240 g/mol. The topological polar surface area (TPSA) is 81.4 Å². The normalized spacial score (nSPS) is 11.6. The minimum absolute atomic E-state index is 0.122. The first-order valence-corrected chi connectivity index (χ1v) is 6.98. The number of nitrogen functional groups attached to an aromatic ring is 1. The van der Waals surface area contributed by atoms with E-state index in [2.05, 4.69) is 4.72 Å². The number of nitrogens with two attached hydrogens (primary N) is 1. The molecule has 1 aromatic carbocycles. The van der Waals surface area contributed by atoms with Crippen molar-refractivity contribution in [3.05, 3.63) is 24.3 Å². The van der Waals surface area contributed by atoms with E-state index >= 15 is 0 Å². The zero-order valence-electron chi connectivity index (χ0n) is 9.85. The highest BCUT2D eigenvalue weighted by Crippen LogP contribution is 2.16. The van der Waals surface area contributed by atoms with Gasteiger partial charge < -0.3 is 10.5 Å². The Kier molecular flexibility index (Phi) is 5.40. The highest BCUT2D eigenvalue weighted by molar-refractivity contribution is 7.89. The molecule has 17 heavy (non-hydrogen) atoms. The lowest BCUT2D eigenvalue weighted by Crippen LogP contribution is -2.26. The molecule has 0 fully saturated rings. The maximum Gasteiger partial charge on any atom is 0.242 e. The molecule has 0 atom stereocenters. The van der Waals surface area contributed by atoms with Crippen LogP contribution in [0.3, 0.4) is 0 Å². The van der Waals surface area contributed by atoms with E-state index in [1.165, 1.54) is 6.07 Å². The zero-order valence-corrected chi connectivity index (χ0v) is 10.7. The summed E-state index contributed by atoms with van der Waals surface area (Å²) in [6.07, 6.45) is 0.639. The SMILES string of the molecule is CCOCCCNS(=O)(=O)c1ccccc1N. The van der Waals surface area contributed by atoms with E-state index in [4.69, 9.17) is 10.5 Å². The van der Waals surface area contributed by atoms with Crippen LogP contribution in [0.4, 0.5) is 5.69 Å². The molecule has 0 aliphatic heterocycles. The van der Waals surface area contributed by atoms with Crippen molar-refractivity contribution in [2.75, 3.05) is 25.5 Å². The van der Waals surface area contributed by atoms with Crippen LogP contribution in [0.15, 0.2) is 29.2 Å². The van der Waals surface area contributed by atoms with Crippen LogP contribution in [0.2, 0.25) is 0 Å². The van der Waals surface area contributed by atoms with Crippen LogP contribution in [-0.2, 0) is 14.8 Å². The first-order chi connectivity index (χ1) is 8.08. The van der Waals surface area contributed by atoms with Crippen molar-refractivity contribution in [1.29, 1.82) is 0 Å². The average Bonchev–Trinajstić information content (AvgIpc) is 2.29. The maximum atomic E-state index is 11.9. The lowest BCUT2D eigenvalue weighted by molar-refractivity contribution is 0.146. The van der Waals surface area contributed by atoms with Gasteiger partial charge in [0.05, 0.1) is 5.69 Å². The van der Waals surface area contributed by atoms with Gasteiger partial charge in [0, 0.05) is 19.8 Å². The fourth-order valence-corrected chi connectivity index (χ4v) is 2.53. The second kappa shape index (κ2) is 6.58. The average molecular weight is 258 g/mol. The molecule has 5 nitrogen and oxygen atoms in total. The van der Waals surface area contributed by atoms with Crippen LogP contribution in [-0.4, -0.2) is 28.2 Å². The number of anilines is 1. The summed E-state index contributed by atoms with van der Waals surface area (Å²) in [4.78, 5) is 0.122. The van der Waals surface area contributed by atoms with Crippen molar-refractivity contribution in [2.45, 2.75) is 18.2 Å². The maximum absolute atomic E-state index is 11.9. The Morgan fingerprint density at radius 3 is 2.71 bits per heavy atom. The van der Waals surface area contributed by atoms with E-state index in [-0.39, 0.29) is 10.6 Å². The Morgan fingerprint density at radius 1 is 1.35 bits per heavy atom. The second-order valence-corrected chi connectivity index (χ2v) is 5.22. The van der Waals surface area contributed by atoms with E-state index in [0.717, 1.165) is 0 Å². The van der Waals surface area contributed by atoms with Gasteiger partial charge in [-0.2, -0.15) is 0 Å². The minimum Gasteiger partial charge on any atom is -0.398 e. The third-order valence-electron chi connectivity index (χ3n) is 2.17. The summed E-state index contributed by atoms with van der Waals surface area (Å²) in [5, 5.41) is 0. The molecule has 0 spiro atoms. The molecule has 0 aliphatic carbocycles. The molecule has 0 bridgehead atoms. The Labute approximate surface area is 102 Å². The molecule has 0 amide bonds. The number of sulfonamides is 1. The van der Waals surface area contributed by atoms with Crippen molar-refractivity contribution < 1.29 is 13.2 Å². The van der Waals surface area contributed by atoms with Crippen LogP contribution in [0.1, 0.15) is 13.3 Å². The molecule has 0 radical (unpaired) electrons. The highest BCUT2D eigenvalue weighted by Gasteiger charge is 2.15. The number of hydrogen-bond donors (Lipinski definition) is 2. The predicted molar refractivity (Wildman–Crippen MR) is 67.2 cm³/mol. The molecule has 0 unspecified atom stereocenters. The predicted octanol–water partition coefficient (Wildman–Crippen LogP) is 0.974. The lowest BCUT2D eigenvalue weighted by Gasteiger charge is -2.08. The molecule has 0 saturated heterocycles. The summed E-state index contributed by atoms with van der Waals surface area (Å²) < 4.78 is 31.3. The second-order valence-electron chi connectivity index (χ2n) is 3.49. The van der Waals surface area contributed by atoms with E-state index in [1.807, 2.05) is 6.92 Å². The highest BCUT2D eigenvalue weighted by atomic mass is 32.2. The molecular formula is C11H18N2O3S. The van der Waals surface area contributed by atoms with Gasteiger partial charge in [-0.15, -0.1) is 0 Å². The number of ether oxygens (including phenoxy) is 1. The number of benzene rings is 1. The molecule has 6 heteroatoms. The number of hydrogen-bond acceptors (Lipinski definition) is 4. The first kappa shape index (κ1) is 14.0. The van der Waals surface area contributed by atoms with E-state index < -0.39 is 10.0 Å². The molecule has 0 aliphatic rings. The molecule has 1 rings (SSSR count). The van der Waals surface area contributed by atoms with Crippen molar-refractivity contribution in [1.82, 2.24) is 4.72 Å². The van der Waals surface area contributed by atoms with Crippen molar-refractivity contribution in [2.24, 2.45) is 0 Å². The van der Waals surface area contributed by atoms with Crippen LogP contribution in [0.25, 0.3) is 0 Å². The monoisotopic (exact) mass is 258 g/mol. The molecule has 96 valence electrons. The van der Waals surface area contributed by atoms with E-state index in [1.54, 1.807) is 18.2 Å². The summed E-state index contributed by atoms with van der Waals surface area (Å²) in [6, 6.07) is 6.39. The quantitative estimate of drug-likeness (QED) is 0.564. The first-order valence-electron chi connectivity index (χ1n) is 5.50. The van der Waals surface area contributed by atoms with Gasteiger partial charge in [-0.3, -0.25) is 0 Å². The van der Waals surface area contributed by atoms with Gasteiger partial charge in [-0.25, -0.2) is 13.1 Å². The number of rotatable bonds is 7. The lowest BCUT2D eigenvalue weighted by atomic mass is 10.3. The molecule has 0 aromatic heterocycles. The van der Waals surface area contributed by atoms with Crippen LogP contribution in [0.5, 0.6) is 0 Å². The summed E-state index contributed by atoms with van der Waals surface area (Å²) in [5.41, 5.74) is 5.87. The van der Waals surface area contributed by atoms with E-state index in [0.29, 0.717) is 26.2 Å². The Hall–Kier alpha value is -1.11. The van der Waals surface area contributed by atoms with Gasteiger partial charge in [-0.1, -0.05) is 12.1 Å². The van der Waals surface area contributed by atoms with Gasteiger partial charge in [0.1, 0.15) is 4.90 Å². The van der Waals surface area contributed by atoms with Gasteiger partial charge in [0.2, 0.25) is 10.0 Å². The van der Waals surface area contributed by atoms with Crippen LogP contribution < -0.4 is 10.5 Å². The third-order valence-corrected chi connectivity index (χ3v) is 3.71. The number of nitrogens with one attached hydrogen (secondary N) is 1. The van der Waals surface area contributed by atoms with Gasteiger partial charge in [0.25, 0.3) is 0 Å². The fraction of sp³-hybridized carbons (Fsp3) is 0.455. The van der Waals surface area contributed by atoms with Crippen molar-refractivity contribution in [3.8, 4) is 0 Å².